The van der Waals surface area contributed by atoms with Gasteiger partial charge in [-0.25, -0.2) is 0 Å². The first-order chi connectivity index (χ1) is 8.92. The highest BCUT2D eigenvalue weighted by Gasteiger charge is 2.27. The predicted molar refractivity (Wildman–Crippen MR) is 65.9 cm³/mol. The van der Waals surface area contributed by atoms with Crippen molar-refractivity contribution in [3.63, 3.8) is 0 Å². The van der Waals surface area contributed by atoms with E-state index >= 15 is 0 Å². The lowest BCUT2D eigenvalue weighted by Crippen LogP contribution is -2.29. The molecule has 1 aromatic carbocycles. The van der Waals surface area contributed by atoms with Crippen LogP contribution in [-0.4, -0.2) is 23.8 Å². The van der Waals surface area contributed by atoms with E-state index in [-0.39, 0.29) is 18.8 Å². The molecular weight excluding hydrogens is 259 g/mol. The fourth-order valence-corrected chi connectivity index (χ4v) is 1.63. The molecule has 19 heavy (non-hydrogen) atoms. The molecule has 0 saturated heterocycles. The maximum Gasteiger partial charge on any atom is 0.390 e. The number of alkyl halides is 3. The van der Waals surface area contributed by atoms with Crippen molar-refractivity contribution in [2.24, 2.45) is 10.9 Å². The summed E-state index contributed by atoms with van der Waals surface area (Å²) in [5, 5.41) is 14.1. The van der Waals surface area contributed by atoms with E-state index in [1.54, 1.807) is 30.3 Å². The minimum Gasteiger partial charge on any atom is -0.409 e. The zero-order valence-electron chi connectivity index (χ0n) is 10.2. The van der Waals surface area contributed by atoms with Crippen molar-refractivity contribution in [2.45, 2.75) is 25.1 Å². The van der Waals surface area contributed by atoms with Gasteiger partial charge in [0.25, 0.3) is 0 Å². The summed E-state index contributed by atoms with van der Waals surface area (Å²) in [4.78, 5) is 0. The van der Waals surface area contributed by atoms with Crippen molar-refractivity contribution >= 4 is 5.84 Å². The molecular formula is C12H16F3N3O. The molecule has 0 amide bonds. The summed E-state index contributed by atoms with van der Waals surface area (Å²) >= 11 is 0. The van der Waals surface area contributed by atoms with Crippen molar-refractivity contribution < 1.29 is 18.4 Å². The van der Waals surface area contributed by atoms with Crippen LogP contribution in [0.25, 0.3) is 0 Å². The zero-order valence-corrected chi connectivity index (χ0v) is 10.2. The number of hydrogen-bond acceptors (Lipinski definition) is 3. The molecule has 0 aliphatic heterocycles. The van der Waals surface area contributed by atoms with Gasteiger partial charge in [0.05, 0.1) is 6.42 Å². The molecule has 7 heteroatoms. The van der Waals surface area contributed by atoms with E-state index in [2.05, 4.69) is 10.5 Å². The number of halogens is 3. The van der Waals surface area contributed by atoms with Gasteiger partial charge in [-0.05, 0) is 5.56 Å². The monoisotopic (exact) mass is 275 g/mol. The Labute approximate surface area is 109 Å². The SMILES string of the molecule is NC(CC(NCCC(F)(F)F)c1ccccc1)=NO. The number of nitrogens with one attached hydrogen (secondary N) is 1. The number of hydrogen-bond donors (Lipinski definition) is 3. The lowest BCUT2D eigenvalue weighted by Gasteiger charge is -2.19. The van der Waals surface area contributed by atoms with E-state index in [1.165, 1.54) is 0 Å². The van der Waals surface area contributed by atoms with E-state index in [9.17, 15) is 13.2 Å². The van der Waals surface area contributed by atoms with Crippen LogP contribution in [0.15, 0.2) is 35.5 Å². The molecule has 0 bridgehead atoms. The van der Waals surface area contributed by atoms with Crippen LogP contribution in [0.3, 0.4) is 0 Å². The average Bonchev–Trinajstić information content (AvgIpc) is 2.37. The zero-order chi connectivity index (χ0) is 14.3. The first kappa shape index (κ1) is 15.3. The lowest BCUT2D eigenvalue weighted by molar-refractivity contribution is -0.133. The fourth-order valence-electron chi connectivity index (χ4n) is 1.63. The first-order valence-electron chi connectivity index (χ1n) is 5.74. The smallest absolute Gasteiger partial charge is 0.390 e. The van der Waals surface area contributed by atoms with Crippen molar-refractivity contribution in [2.75, 3.05) is 6.54 Å². The minimum absolute atomic E-state index is 0.0339. The highest BCUT2D eigenvalue weighted by atomic mass is 19.4. The quantitative estimate of drug-likeness (QED) is 0.323. The first-order valence-corrected chi connectivity index (χ1v) is 5.74. The number of nitrogens with zero attached hydrogens (tertiary/aromatic N) is 1. The Bertz CT molecular complexity index is 406. The summed E-state index contributed by atoms with van der Waals surface area (Å²) in [7, 11) is 0. The van der Waals surface area contributed by atoms with Crippen LogP contribution in [0.2, 0.25) is 0 Å². The van der Waals surface area contributed by atoms with E-state index in [4.69, 9.17) is 10.9 Å². The molecule has 106 valence electrons. The summed E-state index contributed by atoms with van der Waals surface area (Å²) in [6.07, 6.45) is -4.99. The van der Waals surface area contributed by atoms with Gasteiger partial charge in [-0.3, -0.25) is 0 Å². The van der Waals surface area contributed by atoms with Crippen molar-refractivity contribution in [3.05, 3.63) is 35.9 Å². The van der Waals surface area contributed by atoms with Crippen LogP contribution in [0, 0.1) is 0 Å². The Morgan fingerprint density at radius 1 is 1.32 bits per heavy atom. The molecule has 1 atom stereocenters. The van der Waals surface area contributed by atoms with Gasteiger partial charge in [0.1, 0.15) is 5.84 Å². The summed E-state index contributed by atoms with van der Waals surface area (Å²) in [5.74, 6) is -0.0339. The maximum absolute atomic E-state index is 12.1. The lowest BCUT2D eigenvalue weighted by atomic mass is 10.0. The molecule has 1 unspecified atom stereocenters. The largest absolute Gasteiger partial charge is 0.409 e. The van der Waals surface area contributed by atoms with Gasteiger partial charge in [0, 0.05) is 19.0 Å². The molecule has 0 spiro atoms. The summed E-state index contributed by atoms with van der Waals surface area (Å²) in [5.41, 5.74) is 6.19. The van der Waals surface area contributed by atoms with Crippen molar-refractivity contribution in [3.8, 4) is 0 Å². The Balaban J connectivity index is 2.65. The molecule has 0 heterocycles. The molecule has 0 aromatic heterocycles. The van der Waals surface area contributed by atoms with Crippen LogP contribution in [-0.2, 0) is 0 Å². The normalized spacial score (nSPS) is 14.4. The topological polar surface area (TPSA) is 70.6 Å². The summed E-state index contributed by atoms with van der Waals surface area (Å²) < 4.78 is 36.3. The van der Waals surface area contributed by atoms with Crippen LogP contribution in [0.1, 0.15) is 24.4 Å². The predicted octanol–water partition coefficient (Wildman–Crippen LogP) is 2.41. The second-order valence-electron chi connectivity index (χ2n) is 4.08. The molecule has 0 aliphatic carbocycles. The van der Waals surface area contributed by atoms with E-state index in [0.29, 0.717) is 0 Å². The molecule has 1 rings (SSSR count). The molecule has 4 N–H and O–H groups in total. The third kappa shape index (κ3) is 6.10. The second kappa shape index (κ2) is 6.98. The fraction of sp³-hybridized carbons (Fsp3) is 0.417. The van der Waals surface area contributed by atoms with E-state index in [0.717, 1.165) is 5.56 Å². The Morgan fingerprint density at radius 2 is 1.95 bits per heavy atom. The number of amidine groups is 1. The Kier molecular flexibility index (Phi) is 5.62. The van der Waals surface area contributed by atoms with Gasteiger partial charge in [0.15, 0.2) is 0 Å². The summed E-state index contributed by atoms with van der Waals surface area (Å²) in [6.45, 7) is -0.220. The number of nitrogens with two attached hydrogens (primary N) is 1. The van der Waals surface area contributed by atoms with Gasteiger partial charge < -0.3 is 16.3 Å². The van der Waals surface area contributed by atoms with E-state index in [1.807, 2.05) is 0 Å². The summed E-state index contributed by atoms with van der Waals surface area (Å²) in [6, 6.07) is 8.49. The number of oxime groups is 1. The standard InChI is InChI=1S/C12H16F3N3O/c13-12(14,15)6-7-17-10(8-11(16)18-19)9-4-2-1-3-5-9/h1-5,10,17,19H,6-8H2,(H2,16,18). The Morgan fingerprint density at radius 3 is 2.47 bits per heavy atom. The van der Waals surface area contributed by atoms with Gasteiger partial charge in [-0.2, -0.15) is 13.2 Å². The third-order valence-electron chi connectivity index (χ3n) is 2.54. The highest BCUT2D eigenvalue weighted by molar-refractivity contribution is 5.80. The molecule has 1 aromatic rings. The molecule has 0 fully saturated rings. The van der Waals surface area contributed by atoms with Gasteiger partial charge in [-0.1, -0.05) is 35.5 Å². The van der Waals surface area contributed by atoms with Crippen LogP contribution >= 0.6 is 0 Å². The van der Waals surface area contributed by atoms with Crippen LogP contribution < -0.4 is 11.1 Å². The highest BCUT2D eigenvalue weighted by Crippen LogP contribution is 2.21. The van der Waals surface area contributed by atoms with Gasteiger partial charge >= 0.3 is 6.18 Å². The van der Waals surface area contributed by atoms with E-state index < -0.39 is 18.6 Å². The third-order valence-corrected chi connectivity index (χ3v) is 2.54. The van der Waals surface area contributed by atoms with Crippen molar-refractivity contribution in [1.29, 1.82) is 0 Å². The number of benzene rings is 1. The van der Waals surface area contributed by atoms with Crippen LogP contribution in [0.5, 0.6) is 0 Å². The molecule has 0 saturated carbocycles. The number of rotatable bonds is 6. The van der Waals surface area contributed by atoms with Crippen LogP contribution in [0.4, 0.5) is 13.2 Å². The molecule has 4 nitrogen and oxygen atoms in total. The van der Waals surface area contributed by atoms with Gasteiger partial charge in [0.2, 0.25) is 0 Å². The van der Waals surface area contributed by atoms with Gasteiger partial charge in [-0.15, -0.1) is 0 Å². The maximum atomic E-state index is 12.1. The molecule has 0 radical (unpaired) electrons. The minimum atomic E-state index is -4.20. The molecule has 0 aliphatic rings. The van der Waals surface area contributed by atoms with Crippen molar-refractivity contribution in [1.82, 2.24) is 5.32 Å². The average molecular weight is 275 g/mol. The Hall–Kier alpha value is -1.76. The second-order valence-corrected chi connectivity index (χ2v) is 4.08.